The van der Waals surface area contributed by atoms with Crippen LogP contribution < -0.4 is 9.64 Å². The number of fused-ring (bicyclic) bond motifs is 1. The van der Waals surface area contributed by atoms with Crippen LogP contribution in [0.2, 0.25) is 0 Å². The molecule has 5 rings (SSSR count). The normalized spacial score (nSPS) is 17.1. The number of hydrogen-bond donors (Lipinski definition) is 2. The summed E-state index contributed by atoms with van der Waals surface area (Å²) in [4.78, 5) is 32.2. The van der Waals surface area contributed by atoms with Crippen LogP contribution in [-0.2, 0) is 9.59 Å². The number of rotatable bonds is 6. The Kier molecular flexibility index (Phi) is 6.81. The van der Waals surface area contributed by atoms with E-state index in [4.69, 9.17) is 4.74 Å². The van der Waals surface area contributed by atoms with Gasteiger partial charge in [0.25, 0.3) is 11.7 Å². The van der Waals surface area contributed by atoms with Gasteiger partial charge >= 0.3 is 0 Å². The van der Waals surface area contributed by atoms with Crippen molar-refractivity contribution in [3.63, 3.8) is 0 Å². The summed E-state index contributed by atoms with van der Waals surface area (Å²) < 4.78 is 5.58. The van der Waals surface area contributed by atoms with Crippen molar-refractivity contribution in [3.8, 4) is 5.75 Å². The molecule has 6 heteroatoms. The Morgan fingerprint density at radius 1 is 0.974 bits per heavy atom. The van der Waals surface area contributed by atoms with E-state index in [2.05, 4.69) is 18.8 Å². The molecule has 200 valence electrons. The van der Waals surface area contributed by atoms with E-state index in [0.717, 1.165) is 38.9 Å². The molecule has 1 fully saturated rings. The maximum atomic E-state index is 13.7. The Balaban J connectivity index is 1.77. The topological polar surface area (TPSA) is 82.6 Å². The Morgan fingerprint density at radius 2 is 1.67 bits per heavy atom. The zero-order valence-electron chi connectivity index (χ0n) is 23.2. The molecular weight excluding hydrogens is 488 g/mol. The molecule has 1 aromatic heterocycles. The van der Waals surface area contributed by atoms with E-state index in [1.165, 1.54) is 4.90 Å². The number of ketones is 1. The number of aromatic amines is 1. The van der Waals surface area contributed by atoms with Crippen LogP contribution in [0.25, 0.3) is 16.7 Å². The lowest BCUT2D eigenvalue weighted by Crippen LogP contribution is -2.29. The highest BCUT2D eigenvalue weighted by molar-refractivity contribution is 6.52. The van der Waals surface area contributed by atoms with Crippen LogP contribution in [0.3, 0.4) is 0 Å². The number of methoxy groups -OCH3 is 1. The van der Waals surface area contributed by atoms with E-state index in [-0.39, 0.29) is 17.3 Å². The molecule has 0 bridgehead atoms. The van der Waals surface area contributed by atoms with Crippen LogP contribution in [0.1, 0.15) is 73.4 Å². The van der Waals surface area contributed by atoms with Crippen molar-refractivity contribution in [1.82, 2.24) is 4.98 Å². The second kappa shape index (κ2) is 10.1. The van der Waals surface area contributed by atoms with Crippen molar-refractivity contribution in [1.29, 1.82) is 0 Å². The molecule has 3 aromatic carbocycles. The van der Waals surface area contributed by atoms with Gasteiger partial charge in [-0.15, -0.1) is 0 Å². The summed E-state index contributed by atoms with van der Waals surface area (Å²) in [6.07, 6.45) is 1.82. The van der Waals surface area contributed by atoms with Gasteiger partial charge in [-0.25, -0.2) is 0 Å². The molecular formula is C33H34N2O4. The number of nitrogens with one attached hydrogen (secondary N) is 1. The number of amides is 1. The van der Waals surface area contributed by atoms with Crippen molar-refractivity contribution in [2.75, 3.05) is 12.0 Å². The first-order valence-corrected chi connectivity index (χ1v) is 13.3. The number of anilines is 1. The van der Waals surface area contributed by atoms with E-state index < -0.39 is 17.7 Å². The summed E-state index contributed by atoms with van der Waals surface area (Å²) in [5.74, 6) is -0.396. The van der Waals surface area contributed by atoms with Crippen LogP contribution in [0.4, 0.5) is 5.69 Å². The molecule has 1 unspecified atom stereocenters. The third-order valence-electron chi connectivity index (χ3n) is 7.65. The predicted octanol–water partition coefficient (Wildman–Crippen LogP) is 7.36. The van der Waals surface area contributed by atoms with Crippen LogP contribution >= 0.6 is 0 Å². The summed E-state index contributed by atoms with van der Waals surface area (Å²) >= 11 is 0. The Hall–Kier alpha value is -4.32. The molecule has 0 spiro atoms. The highest BCUT2D eigenvalue weighted by Gasteiger charge is 2.48. The van der Waals surface area contributed by atoms with Crippen LogP contribution in [0.15, 0.2) is 72.4 Å². The maximum absolute atomic E-state index is 13.7. The fourth-order valence-electron chi connectivity index (χ4n) is 5.46. The van der Waals surface area contributed by atoms with Crippen molar-refractivity contribution in [2.45, 2.75) is 52.5 Å². The van der Waals surface area contributed by atoms with Gasteiger partial charge in [-0.3, -0.25) is 14.5 Å². The standard InChI is InChI=1S/C33H34N2O4/c1-18(2)21-11-13-22(14-12-21)35-30(26-17-34-27-10-8-7-9-23(26)27)29(32(37)33(35)38)31(36)25-16-24(19(3)4)28(39-6)15-20(25)5/h7-19,30,34,36H,1-6H3/b31-29+. The van der Waals surface area contributed by atoms with Crippen LogP contribution in [0.5, 0.6) is 5.75 Å². The Labute approximate surface area is 228 Å². The third-order valence-corrected chi connectivity index (χ3v) is 7.65. The summed E-state index contributed by atoms with van der Waals surface area (Å²) in [6.45, 7) is 10.2. The van der Waals surface area contributed by atoms with Gasteiger partial charge in [0.1, 0.15) is 11.5 Å². The molecule has 2 N–H and O–H groups in total. The van der Waals surface area contributed by atoms with Gasteiger partial charge in [-0.05, 0) is 65.8 Å². The molecule has 1 aliphatic heterocycles. The fourth-order valence-corrected chi connectivity index (χ4v) is 5.46. The minimum Gasteiger partial charge on any atom is -0.507 e. The van der Waals surface area contributed by atoms with Crippen LogP contribution in [-0.4, -0.2) is 28.9 Å². The zero-order valence-corrected chi connectivity index (χ0v) is 23.2. The number of hydrogen-bond acceptors (Lipinski definition) is 4. The van der Waals surface area contributed by atoms with Gasteiger partial charge in [0.2, 0.25) is 0 Å². The average Bonchev–Trinajstić information content (AvgIpc) is 3.46. The molecule has 1 aliphatic rings. The second-order valence-electron chi connectivity index (χ2n) is 10.8. The van der Waals surface area contributed by atoms with Crippen molar-refractivity contribution < 1.29 is 19.4 Å². The van der Waals surface area contributed by atoms with Gasteiger partial charge in [0, 0.05) is 33.9 Å². The largest absolute Gasteiger partial charge is 0.507 e. The number of benzene rings is 3. The molecule has 6 nitrogen and oxygen atoms in total. The quantitative estimate of drug-likeness (QED) is 0.157. The molecule has 1 atom stereocenters. The monoisotopic (exact) mass is 522 g/mol. The Bertz CT molecular complexity index is 1610. The van der Waals surface area contributed by atoms with Gasteiger partial charge in [0.05, 0.1) is 18.7 Å². The summed E-state index contributed by atoms with van der Waals surface area (Å²) in [6, 6.07) is 18.4. The number of aliphatic hydroxyl groups is 1. The number of aliphatic hydroxyl groups excluding tert-OH is 1. The van der Waals surface area contributed by atoms with Gasteiger partial charge in [-0.1, -0.05) is 58.0 Å². The van der Waals surface area contributed by atoms with E-state index in [1.54, 1.807) is 7.11 Å². The zero-order chi connectivity index (χ0) is 28.0. The van der Waals surface area contributed by atoms with E-state index >= 15 is 0 Å². The first-order valence-electron chi connectivity index (χ1n) is 13.3. The molecule has 1 saturated heterocycles. The fraction of sp³-hybridized carbons (Fsp3) is 0.273. The van der Waals surface area contributed by atoms with Gasteiger partial charge < -0.3 is 14.8 Å². The molecule has 39 heavy (non-hydrogen) atoms. The summed E-state index contributed by atoms with van der Waals surface area (Å²) in [7, 11) is 1.62. The van der Waals surface area contributed by atoms with Crippen LogP contribution in [0, 0.1) is 6.92 Å². The summed E-state index contributed by atoms with van der Waals surface area (Å²) in [5, 5.41) is 12.7. The number of aromatic nitrogens is 1. The number of ether oxygens (including phenoxy) is 1. The first-order chi connectivity index (χ1) is 18.6. The average molecular weight is 523 g/mol. The highest BCUT2D eigenvalue weighted by atomic mass is 16.5. The van der Waals surface area contributed by atoms with E-state index in [9.17, 15) is 14.7 Å². The number of carbonyl (C=O) groups is 2. The molecule has 4 aromatic rings. The van der Waals surface area contributed by atoms with Crippen molar-refractivity contribution in [2.24, 2.45) is 0 Å². The van der Waals surface area contributed by atoms with Crippen molar-refractivity contribution in [3.05, 3.63) is 100 Å². The third kappa shape index (κ3) is 4.40. The lowest BCUT2D eigenvalue weighted by atomic mass is 9.90. The predicted molar refractivity (Wildman–Crippen MR) is 155 cm³/mol. The number of Topliss-reactive ketones (excluding diaryl/α,β-unsaturated/α-hetero) is 1. The minimum absolute atomic E-state index is 0.0701. The number of nitrogens with zero attached hydrogens (tertiary/aromatic N) is 1. The lowest BCUT2D eigenvalue weighted by Gasteiger charge is -2.25. The lowest BCUT2D eigenvalue weighted by molar-refractivity contribution is -0.132. The van der Waals surface area contributed by atoms with E-state index in [0.29, 0.717) is 17.2 Å². The molecule has 0 radical (unpaired) electrons. The number of carbonyl (C=O) groups excluding carboxylic acids is 2. The minimum atomic E-state index is -0.810. The second-order valence-corrected chi connectivity index (χ2v) is 10.8. The highest BCUT2D eigenvalue weighted by Crippen LogP contribution is 2.45. The molecule has 2 heterocycles. The molecule has 1 amide bonds. The maximum Gasteiger partial charge on any atom is 0.300 e. The van der Waals surface area contributed by atoms with Crippen molar-refractivity contribution >= 4 is 34.0 Å². The molecule has 0 saturated carbocycles. The first kappa shape index (κ1) is 26.3. The van der Waals surface area contributed by atoms with Gasteiger partial charge in [-0.2, -0.15) is 0 Å². The smallest absolute Gasteiger partial charge is 0.300 e. The van der Waals surface area contributed by atoms with E-state index in [1.807, 2.05) is 87.6 Å². The Morgan fingerprint density at radius 3 is 2.31 bits per heavy atom. The summed E-state index contributed by atoms with van der Waals surface area (Å²) in [5.41, 5.74) is 5.61. The SMILES string of the molecule is COc1cc(C)c(/C(O)=C2\C(=O)C(=O)N(c3ccc(C(C)C)cc3)C2c2c[nH]c3ccccc23)cc1C(C)C. The number of para-hydroxylation sites is 1. The molecule has 0 aliphatic carbocycles. The van der Waals surface area contributed by atoms with Gasteiger partial charge in [0.15, 0.2) is 0 Å². The number of H-pyrrole nitrogens is 1. The number of aryl methyl sites for hydroxylation is 1.